The first-order valence-corrected chi connectivity index (χ1v) is 10.6. The van der Waals surface area contributed by atoms with Crippen LogP contribution in [0.3, 0.4) is 0 Å². The Morgan fingerprint density at radius 1 is 1.03 bits per heavy atom. The second kappa shape index (κ2) is 9.15. The smallest absolute Gasteiger partial charge is 0.256 e. The molecule has 1 N–H and O–H groups in total. The zero-order valence-electron chi connectivity index (χ0n) is 16.7. The molecule has 0 atom stereocenters. The number of anilines is 1. The van der Waals surface area contributed by atoms with Gasteiger partial charge < -0.3 is 10.2 Å². The predicted molar refractivity (Wildman–Crippen MR) is 117 cm³/mol. The standard InChI is InChI=1S/C22H23N5O2S/c1-16(28)27-12-10-26(11-13-27)15-17-2-4-18(5-3-17)21(29)25-20-14-24-22(30-20)19-6-8-23-9-7-19/h2-9,14H,10-13,15H2,1H3,(H,25,29). The van der Waals surface area contributed by atoms with Gasteiger partial charge in [0.05, 0.1) is 6.20 Å². The quantitative estimate of drug-likeness (QED) is 0.685. The van der Waals surface area contributed by atoms with Gasteiger partial charge in [-0.15, -0.1) is 0 Å². The summed E-state index contributed by atoms with van der Waals surface area (Å²) < 4.78 is 0. The topological polar surface area (TPSA) is 78.4 Å². The number of nitrogens with zero attached hydrogens (tertiary/aromatic N) is 4. The maximum absolute atomic E-state index is 12.6. The molecular formula is C22H23N5O2S. The van der Waals surface area contributed by atoms with Crippen LogP contribution in [0.15, 0.2) is 55.0 Å². The zero-order chi connectivity index (χ0) is 20.9. The first kappa shape index (κ1) is 20.2. The summed E-state index contributed by atoms with van der Waals surface area (Å²) in [6.07, 6.45) is 5.12. The van der Waals surface area contributed by atoms with Crippen molar-refractivity contribution in [2.24, 2.45) is 0 Å². The molecule has 154 valence electrons. The first-order chi connectivity index (χ1) is 14.6. The van der Waals surface area contributed by atoms with Crippen LogP contribution in [0.2, 0.25) is 0 Å². The lowest BCUT2D eigenvalue weighted by Gasteiger charge is -2.34. The molecule has 4 rings (SSSR count). The van der Waals surface area contributed by atoms with Crippen LogP contribution in [0.4, 0.5) is 5.00 Å². The molecule has 7 nitrogen and oxygen atoms in total. The SMILES string of the molecule is CC(=O)N1CCN(Cc2ccc(C(=O)Nc3cnc(-c4ccncc4)s3)cc2)CC1. The van der Waals surface area contributed by atoms with E-state index in [-0.39, 0.29) is 11.8 Å². The summed E-state index contributed by atoms with van der Waals surface area (Å²) in [6.45, 7) is 5.71. The van der Waals surface area contributed by atoms with Gasteiger partial charge in [0.2, 0.25) is 5.91 Å². The fourth-order valence-corrected chi connectivity index (χ4v) is 4.20. The third kappa shape index (κ3) is 4.90. The Balaban J connectivity index is 1.32. The molecule has 2 amide bonds. The Morgan fingerprint density at radius 3 is 2.40 bits per heavy atom. The average molecular weight is 422 g/mol. The van der Waals surface area contributed by atoms with E-state index in [9.17, 15) is 9.59 Å². The van der Waals surface area contributed by atoms with Crippen molar-refractivity contribution in [3.05, 3.63) is 66.1 Å². The largest absolute Gasteiger partial charge is 0.340 e. The van der Waals surface area contributed by atoms with Gasteiger partial charge in [0.25, 0.3) is 5.91 Å². The summed E-state index contributed by atoms with van der Waals surface area (Å²) in [5, 5.41) is 4.47. The lowest BCUT2D eigenvalue weighted by atomic mass is 10.1. The number of amides is 2. The van der Waals surface area contributed by atoms with Crippen LogP contribution in [0.1, 0.15) is 22.8 Å². The summed E-state index contributed by atoms with van der Waals surface area (Å²) >= 11 is 1.43. The van der Waals surface area contributed by atoms with Crippen LogP contribution in [0.5, 0.6) is 0 Å². The average Bonchev–Trinajstić information content (AvgIpc) is 3.24. The number of nitrogens with one attached hydrogen (secondary N) is 1. The van der Waals surface area contributed by atoms with Crippen LogP contribution < -0.4 is 5.32 Å². The number of benzene rings is 1. The number of carbonyl (C=O) groups is 2. The number of hydrogen-bond donors (Lipinski definition) is 1. The van der Waals surface area contributed by atoms with E-state index in [0.29, 0.717) is 10.6 Å². The summed E-state index contributed by atoms with van der Waals surface area (Å²) in [7, 11) is 0. The van der Waals surface area contributed by atoms with E-state index in [2.05, 4.69) is 20.2 Å². The lowest BCUT2D eigenvalue weighted by Crippen LogP contribution is -2.47. The van der Waals surface area contributed by atoms with Crippen LogP contribution >= 0.6 is 11.3 Å². The number of carbonyl (C=O) groups excluding carboxylic acids is 2. The molecule has 0 radical (unpaired) electrons. The molecule has 0 saturated carbocycles. The maximum Gasteiger partial charge on any atom is 0.256 e. The molecule has 1 saturated heterocycles. The molecule has 2 aromatic heterocycles. The molecule has 1 fully saturated rings. The van der Waals surface area contributed by atoms with Crippen LogP contribution in [0.25, 0.3) is 10.6 Å². The number of aromatic nitrogens is 2. The lowest BCUT2D eigenvalue weighted by molar-refractivity contribution is -0.130. The fourth-order valence-electron chi connectivity index (χ4n) is 3.38. The van der Waals surface area contributed by atoms with Crippen molar-refractivity contribution < 1.29 is 9.59 Å². The summed E-state index contributed by atoms with van der Waals surface area (Å²) in [5.74, 6) is -0.0135. The molecule has 0 bridgehead atoms. The van der Waals surface area contributed by atoms with Gasteiger partial charge in [0.15, 0.2) is 0 Å². The molecule has 3 heterocycles. The van der Waals surface area contributed by atoms with Crippen molar-refractivity contribution in [2.45, 2.75) is 13.5 Å². The normalized spacial score (nSPS) is 14.5. The third-order valence-corrected chi connectivity index (χ3v) is 6.07. The number of thiazole rings is 1. The highest BCUT2D eigenvalue weighted by molar-refractivity contribution is 7.19. The first-order valence-electron chi connectivity index (χ1n) is 9.83. The van der Waals surface area contributed by atoms with Gasteiger partial charge in [-0.25, -0.2) is 4.98 Å². The van der Waals surface area contributed by atoms with Crippen LogP contribution in [-0.2, 0) is 11.3 Å². The van der Waals surface area contributed by atoms with E-state index >= 15 is 0 Å². The fraction of sp³-hybridized carbons (Fsp3) is 0.273. The molecule has 0 spiro atoms. The highest BCUT2D eigenvalue weighted by atomic mass is 32.1. The van der Waals surface area contributed by atoms with E-state index in [1.807, 2.05) is 41.3 Å². The highest BCUT2D eigenvalue weighted by Gasteiger charge is 2.18. The van der Waals surface area contributed by atoms with Gasteiger partial charge in [0, 0.05) is 63.2 Å². The number of hydrogen-bond acceptors (Lipinski definition) is 6. The van der Waals surface area contributed by atoms with Gasteiger partial charge in [-0.2, -0.15) is 0 Å². The van der Waals surface area contributed by atoms with Crippen molar-refractivity contribution in [3.63, 3.8) is 0 Å². The minimum absolute atomic E-state index is 0.138. The minimum atomic E-state index is -0.151. The zero-order valence-corrected chi connectivity index (χ0v) is 17.6. The number of pyridine rings is 1. The second-order valence-electron chi connectivity index (χ2n) is 7.20. The van der Waals surface area contributed by atoms with Crippen molar-refractivity contribution >= 4 is 28.2 Å². The van der Waals surface area contributed by atoms with E-state index in [1.54, 1.807) is 25.5 Å². The molecule has 8 heteroatoms. The maximum atomic E-state index is 12.6. The Bertz CT molecular complexity index is 1010. The summed E-state index contributed by atoms with van der Waals surface area (Å²) in [4.78, 5) is 36.6. The molecule has 0 unspecified atom stereocenters. The monoisotopic (exact) mass is 421 g/mol. The summed E-state index contributed by atoms with van der Waals surface area (Å²) in [5.41, 5.74) is 2.74. The van der Waals surface area contributed by atoms with Gasteiger partial charge in [0.1, 0.15) is 10.0 Å². The van der Waals surface area contributed by atoms with Crippen LogP contribution in [0, 0.1) is 0 Å². The third-order valence-electron chi connectivity index (χ3n) is 5.11. The van der Waals surface area contributed by atoms with E-state index in [0.717, 1.165) is 48.9 Å². The van der Waals surface area contributed by atoms with E-state index < -0.39 is 0 Å². The molecule has 0 aliphatic carbocycles. The Labute approximate surface area is 179 Å². The van der Waals surface area contributed by atoms with Crippen molar-refractivity contribution in [1.82, 2.24) is 19.8 Å². The van der Waals surface area contributed by atoms with Gasteiger partial charge in [-0.05, 0) is 29.8 Å². The summed E-state index contributed by atoms with van der Waals surface area (Å²) in [6, 6.07) is 11.5. The van der Waals surface area contributed by atoms with E-state index in [1.165, 1.54) is 11.3 Å². The van der Waals surface area contributed by atoms with Crippen LogP contribution in [-0.4, -0.2) is 57.8 Å². The van der Waals surface area contributed by atoms with Crippen molar-refractivity contribution in [3.8, 4) is 10.6 Å². The van der Waals surface area contributed by atoms with Gasteiger partial charge in [-0.3, -0.25) is 19.5 Å². The second-order valence-corrected chi connectivity index (χ2v) is 8.23. The Morgan fingerprint density at radius 2 is 1.73 bits per heavy atom. The van der Waals surface area contributed by atoms with Crippen molar-refractivity contribution in [1.29, 1.82) is 0 Å². The molecule has 1 aromatic carbocycles. The molecule has 30 heavy (non-hydrogen) atoms. The minimum Gasteiger partial charge on any atom is -0.340 e. The van der Waals surface area contributed by atoms with Crippen molar-refractivity contribution in [2.75, 3.05) is 31.5 Å². The number of piperazine rings is 1. The molecule has 1 aliphatic heterocycles. The Hall–Kier alpha value is -3.10. The van der Waals surface area contributed by atoms with Gasteiger partial charge in [-0.1, -0.05) is 23.5 Å². The molecule has 1 aliphatic rings. The predicted octanol–water partition coefficient (Wildman–Crippen LogP) is 3.12. The highest BCUT2D eigenvalue weighted by Crippen LogP contribution is 2.28. The Kier molecular flexibility index (Phi) is 6.15. The molecule has 3 aromatic rings. The van der Waals surface area contributed by atoms with E-state index in [4.69, 9.17) is 0 Å². The number of rotatable bonds is 5. The van der Waals surface area contributed by atoms with Gasteiger partial charge >= 0.3 is 0 Å². The molecular weight excluding hydrogens is 398 g/mol.